The number of hydrogen-bond acceptors (Lipinski definition) is 4. The second-order valence-corrected chi connectivity index (χ2v) is 8.32. The maximum absolute atomic E-state index is 13.3. The number of nitrogens with zero attached hydrogens (tertiary/aromatic N) is 1. The summed E-state index contributed by atoms with van der Waals surface area (Å²) in [7, 11) is 0. The molecule has 1 aliphatic heterocycles. The predicted octanol–water partition coefficient (Wildman–Crippen LogP) is 5.26. The van der Waals surface area contributed by atoms with E-state index in [4.69, 9.17) is 17.0 Å². The van der Waals surface area contributed by atoms with Crippen LogP contribution in [-0.4, -0.2) is 21.7 Å². The van der Waals surface area contributed by atoms with Gasteiger partial charge in [-0.1, -0.05) is 68.2 Å². The molecule has 1 amide bonds. The molecule has 2 aromatic carbocycles. The van der Waals surface area contributed by atoms with E-state index in [-0.39, 0.29) is 18.3 Å². The van der Waals surface area contributed by atoms with Gasteiger partial charge in [0.2, 0.25) is 0 Å². The summed E-state index contributed by atoms with van der Waals surface area (Å²) in [6, 6.07) is 13.8. The van der Waals surface area contributed by atoms with E-state index in [9.17, 15) is 9.18 Å². The molecule has 0 spiro atoms. The molecule has 0 bridgehead atoms. The van der Waals surface area contributed by atoms with E-state index < -0.39 is 0 Å². The molecule has 27 heavy (non-hydrogen) atoms. The van der Waals surface area contributed by atoms with Crippen LogP contribution < -0.4 is 4.74 Å². The smallest absolute Gasteiger partial charge is 0.266 e. The molecule has 0 atom stereocenters. The zero-order chi connectivity index (χ0) is 19.4. The third-order valence-electron chi connectivity index (χ3n) is 3.91. The summed E-state index contributed by atoms with van der Waals surface area (Å²) < 4.78 is 19.8. The Morgan fingerprint density at radius 2 is 2.00 bits per heavy atom. The summed E-state index contributed by atoms with van der Waals surface area (Å²) in [6.45, 7) is 4.96. The highest BCUT2D eigenvalue weighted by Gasteiger charge is 2.32. The Hall–Kier alpha value is -2.18. The van der Waals surface area contributed by atoms with E-state index in [1.165, 1.54) is 23.9 Å². The van der Waals surface area contributed by atoms with Crippen molar-refractivity contribution in [3.8, 4) is 5.75 Å². The molecule has 0 N–H and O–H groups in total. The van der Waals surface area contributed by atoms with E-state index in [0.717, 1.165) is 11.1 Å². The number of thiocarbonyl (C=S) groups is 1. The van der Waals surface area contributed by atoms with Crippen molar-refractivity contribution >= 4 is 40.3 Å². The molecule has 0 radical (unpaired) electrons. The van der Waals surface area contributed by atoms with Gasteiger partial charge in [0.1, 0.15) is 22.5 Å². The largest absolute Gasteiger partial charge is 0.488 e. The molecule has 1 saturated heterocycles. The first-order valence-corrected chi connectivity index (χ1v) is 9.88. The highest BCUT2D eigenvalue weighted by molar-refractivity contribution is 8.26. The number of halogens is 1. The van der Waals surface area contributed by atoms with Crippen molar-refractivity contribution in [3.05, 3.63) is 70.4 Å². The fourth-order valence-electron chi connectivity index (χ4n) is 2.68. The zero-order valence-corrected chi connectivity index (χ0v) is 16.8. The van der Waals surface area contributed by atoms with Crippen LogP contribution in [0.2, 0.25) is 0 Å². The standard InChI is InChI=1S/C21H20FNO2S2/c1-14(2)12-23-20(24)19(27-21(23)26)11-16-7-3-4-9-18(16)25-13-15-6-5-8-17(22)10-15/h3-11,14H,12-13H2,1-2H3. The van der Waals surface area contributed by atoms with Crippen molar-refractivity contribution in [2.45, 2.75) is 20.5 Å². The van der Waals surface area contributed by atoms with Gasteiger partial charge in [-0.15, -0.1) is 0 Å². The average molecular weight is 402 g/mol. The van der Waals surface area contributed by atoms with Gasteiger partial charge in [0, 0.05) is 12.1 Å². The zero-order valence-electron chi connectivity index (χ0n) is 15.1. The summed E-state index contributed by atoms with van der Waals surface area (Å²) >= 11 is 6.66. The summed E-state index contributed by atoms with van der Waals surface area (Å²) in [6.07, 6.45) is 1.81. The van der Waals surface area contributed by atoms with Gasteiger partial charge in [-0.25, -0.2) is 4.39 Å². The van der Waals surface area contributed by atoms with Crippen LogP contribution >= 0.6 is 24.0 Å². The number of para-hydroxylation sites is 1. The van der Waals surface area contributed by atoms with Gasteiger partial charge in [-0.2, -0.15) is 0 Å². The van der Waals surface area contributed by atoms with Gasteiger partial charge in [-0.05, 0) is 35.8 Å². The number of amides is 1. The molecule has 0 aromatic heterocycles. The Balaban J connectivity index is 1.79. The summed E-state index contributed by atoms with van der Waals surface area (Å²) in [4.78, 5) is 14.9. The van der Waals surface area contributed by atoms with Crippen LogP contribution in [0.3, 0.4) is 0 Å². The minimum atomic E-state index is -0.293. The monoisotopic (exact) mass is 401 g/mol. The number of thioether (sulfide) groups is 1. The molecule has 0 aliphatic carbocycles. The Labute approximate surface area is 168 Å². The summed E-state index contributed by atoms with van der Waals surface area (Å²) in [5, 5.41) is 0. The molecule has 1 aliphatic rings. The minimum Gasteiger partial charge on any atom is -0.488 e. The van der Waals surface area contributed by atoms with Gasteiger partial charge in [0.15, 0.2) is 0 Å². The molecular weight excluding hydrogens is 381 g/mol. The topological polar surface area (TPSA) is 29.5 Å². The third-order valence-corrected chi connectivity index (χ3v) is 5.29. The molecule has 1 heterocycles. The van der Waals surface area contributed by atoms with Crippen molar-refractivity contribution < 1.29 is 13.9 Å². The maximum atomic E-state index is 13.3. The van der Waals surface area contributed by atoms with Gasteiger partial charge in [0.05, 0.1) is 4.91 Å². The van der Waals surface area contributed by atoms with Crippen molar-refractivity contribution in [3.63, 3.8) is 0 Å². The Kier molecular flexibility index (Phi) is 6.29. The molecular formula is C21H20FNO2S2. The molecule has 1 fully saturated rings. The lowest BCUT2D eigenvalue weighted by atomic mass is 10.1. The Morgan fingerprint density at radius 3 is 2.74 bits per heavy atom. The van der Waals surface area contributed by atoms with Crippen molar-refractivity contribution in [1.82, 2.24) is 4.90 Å². The van der Waals surface area contributed by atoms with E-state index in [2.05, 4.69) is 13.8 Å². The molecule has 3 rings (SSSR count). The normalized spacial score (nSPS) is 15.9. The van der Waals surface area contributed by atoms with Crippen LogP contribution in [-0.2, 0) is 11.4 Å². The van der Waals surface area contributed by atoms with E-state index in [1.807, 2.05) is 30.3 Å². The fourth-order valence-corrected chi connectivity index (χ4v) is 3.95. The molecule has 0 unspecified atom stereocenters. The second kappa shape index (κ2) is 8.67. The maximum Gasteiger partial charge on any atom is 0.266 e. The third kappa shape index (κ3) is 4.96. The predicted molar refractivity (Wildman–Crippen MR) is 112 cm³/mol. The van der Waals surface area contributed by atoms with Crippen molar-refractivity contribution in [1.29, 1.82) is 0 Å². The number of benzene rings is 2. The number of ether oxygens (including phenoxy) is 1. The SMILES string of the molecule is CC(C)CN1C(=O)C(=Cc2ccccc2OCc2cccc(F)c2)SC1=S. The van der Waals surface area contributed by atoms with Crippen molar-refractivity contribution in [2.24, 2.45) is 5.92 Å². The summed E-state index contributed by atoms with van der Waals surface area (Å²) in [5.74, 6) is 0.612. The second-order valence-electron chi connectivity index (χ2n) is 6.64. The van der Waals surface area contributed by atoms with Crippen LogP contribution in [0.5, 0.6) is 5.75 Å². The molecule has 3 nitrogen and oxygen atoms in total. The molecule has 140 valence electrons. The van der Waals surface area contributed by atoms with Gasteiger partial charge < -0.3 is 4.74 Å². The lowest BCUT2D eigenvalue weighted by Gasteiger charge is -2.16. The first kappa shape index (κ1) is 19.6. The number of carbonyl (C=O) groups is 1. The molecule has 0 saturated carbocycles. The quantitative estimate of drug-likeness (QED) is 0.488. The van der Waals surface area contributed by atoms with Crippen LogP contribution in [0.15, 0.2) is 53.4 Å². The number of hydrogen-bond donors (Lipinski definition) is 0. The van der Waals surface area contributed by atoms with E-state index >= 15 is 0 Å². The van der Waals surface area contributed by atoms with E-state index in [0.29, 0.717) is 27.4 Å². The Bertz CT molecular complexity index is 895. The van der Waals surface area contributed by atoms with Crippen molar-refractivity contribution in [2.75, 3.05) is 6.54 Å². The average Bonchev–Trinajstić information content (AvgIpc) is 2.88. The summed E-state index contributed by atoms with van der Waals surface area (Å²) in [5.41, 5.74) is 1.53. The van der Waals surface area contributed by atoms with Crippen LogP contribution in [0.1, 0.15) is 25.0 Å². The Morgan fingerprint density at radius 1 is 1.22 bits per heavy atom. The van der Waals surface area contributed by atoms with Crippen LogP contribution in [0, 0.1) is 11.7 Å². The highest BCUT2D eigenvalue weighted by Crippen LogP contribution is 2.34. The van der Waals surface area contributed by atoms with Gasteiger partial charge in [-0.3, -0.25) is 9.69 Å². The van der Waals surface area contributed by atoms with E-state index in [1.54, 1.807) is 17.0 Å². The van der Waals surface area contributed by atoms with Crippen LogP contribution in [0.25, 0.3) is 6.08 Å². The lowest BCUT2D eigenvalue weighted by molar-refractivity contribution is -0.122. The first-order chi connectivity index (χ1) is 12.9. The minimum absolute atomic E-state index is 0.0707. The van der Waals surface area contributed by atoms with Gasteiger partial charge >= 0.3 is 0 Å². The molecule has 2 aromatic rings. The number of rotatable bonds is 6. The van der Waals surface area contributed by atoms with Gasteiger partial charge in [0.25, 0.3) is 5.91 Å². The fraction of sp³-hybridized carbons (Fsp3) is 0.238. The molecule has 6 heteroatoms. The highest BCUT2D eigenvalue weighted by atomic mass is 32.2. The lowest BCUT2D eigenvalue weighted by Crippen LogP contribution is -2.31. The van der Waals surface area contributed by atoms with Crippen LogP contribution in [0.4, 0.5) is 4.39 Å². The first-order valence-electron chi connectivity index (χ1n) is 8.65. The number of carbonyl (C=O) groups excluding carboxylic acids is 1.